The third kappa shape index (κ3) is 2.67. The molecule has 4 unspecified atom stereocenters. The van der Waals surface area contributed by atoms with Gasteiger partial charge in [-0.3, -0.25) is 9.59 Å². The number of aliphatic carboxylic acids is 1. The van der Waals surface area contributed by atoms with Gasteiger partial charge in [-0.15, -0.1) is 0 Å². The molecule has 2 bridgehead atoms. The second kappa shape index (κ2) is 5.84. The van der Waals surface area contributed by atoms with Gasteiger partial charge in [0.1, 0.15) is 0 Å². The predicted octanol–water partition coefficient (Wildman–Crippen LogP) is 3.63. The monoisotopic (exact) mass is 313 g/mol. The lowest BCUT2D eigenvalue weighted by Crippen LogP contribution is -2.37. The van der Waals surface area contributed by atoms with Crippen molar-refractivity contribution in [3.63, 3.8) is 0 Å². The highest BCUT2D eigenvalue weighted by Crippen LogP contribution is 2.57. The van der Waals surface area contributed by atoms with Crippen LogP contribution in [0.25, 0.3) is 0 Å². The molecule has 4 heteroatoms. The summed E-state index contributed by atoms with van der Waals surface area (Å²) in [5.74, 6) is -1.96. The highest BCUT2D eigenvalue weighted by Gasteiger charge is 2.57. The molecule has 0 aliphatic heterocycles. The highest BCUT2D eigenvalue weighted by molar-refractivity contribution is 5.96. The molecule has 4 nitrogen and oxygen atoms in total. The summed E-state index contributed by atoms with van der Waals surface area (Å²) in [6.45, 7) is 6.04. The number of amides is 1. The highest BCUT2D eigenvalue weighted by atomic mass is 16.4. The molecule has 1 amide bonds. The summed E-state index contributed by atoms with van der Waals surface area (Å²) in [4.78, 5) is 24.5. The molecule has 3 rings (SSSR count). The fraction of sp³-hybridized carbons (Fsp3) is 0.474. The molecule has 23 heavy (non-hydrogen) atoms. The Morgan fingerprint density at radius 3 is 2.13 bits per heavy atom. The molecule has 0 spiro atoms. The van der Waals surface area contributed by atoms with E-state index in [1.54, 1.807) is 0 Å². The molecule has 2 N–H and O–H groups in total. The summed E-state index contributed by atoms with van der Waals surface area (Å²) in [5, 5.41) is 12.6. The first-order valence-corrected chi connectivity index (χ1v) is 8.17. The average molecular weight is 313 g/mol. The molecule has 0 aromatic heterocycles. The molecule has 122 valence electrons. The third-order valence-electron chi connectivity index (χ3n) is 5.33. The Balaban J connectivity index is 1.88. The van der Waals surface area contributed by atoms with Gasteiger partial charge in [0.2, 0.25) is 5.91 Å². The number of nitrogens with one attached hydrogen (secondary N) is 1. The van der Waals surface area contributed by atoms with Gasteiger partial charge < -0.3 is 10.4 Å². The van der Waals surface area contributed by atoms with Crippen LogP contribution in [-0.2, 0) is 9.59 Å². The summed E-state index contributed by atoms with van der Waals surface area (Å²) < 4.78 is 0. The second-order valence-electron chi connectivity index (χ2n) is 6.99. The van der Waals surface area contributed by atoms with Crippen molar-refractivity contribution in [2.75, 3.05) is 5.32 Å². The number of aryl methyl sites for hydroxylation is 1. The first-order valence-electron chi connectivity index (χ1n) is 8.17. The minimum Gasteiger partial charge on any atom is -0.481 e. The normalized spacial score (nSPS) is 28.7. The van der Waals surface area contributed by atoms with E-state index in [1.165, 1.54) is 11.1 Å². The van der Waals surface area contributed by atoms with Crippen LogP contribution in [0.3, 0.4) is 0 Å². The largest absolute Gasteiger partial charge is 0.481 e. The molecule has 1 aromatic carbocycles. The SMILES string of the molecule is CC(C)=C1C2CCC1C(C(=O)Nc1ccc(C)cc1)C2C(=O)O. The lowest BCUT2D eigenvalue weighted by Gasteiger charge is -2.26. The molecule has 4 atom stereocenters. The lowest BCUT2D eigenvalue weighted by molar-refractivity contribution is -0.148. The number of carbonyl (C=O) groups is 2. The van der Waals surface area contributed by atoms with Crippen molar-refractivity contribution in [3.8, 4) is 0 Å². The smallest absolute Gasteiger partial charge is 0.307 e. The van der Waals surface area contributed by atoms with Crippen LogP contribution < -0.4 is 5.32 Å². The third-order valence-corrected chi connectivity index (χ3v) is 5.33. The van der Waals surface area contributed by atoms with Crippen LogP contribution in [0.1, 0.15) is 32.3 Å². The van der Waals surface area contributed by atoms with E-state index in [9.17, 15) is 14.7 Å². The van der Waals surface area contributed by atoms with E-state index in [2.05, 4.69) is 5.32 Å². The van der Waals surface area contributed by atoms with E-state index in [0.29, 0.717) is 0 Å². The van der Waals surface area contributed by atoms with Crippen LogP contribution in [0.2, 0.25) is 0 Å². The Kier molecular flexibility index (Phi) is 4.00. The van der Waals surface area contributed by atoms with Crippen molar-refractivity contribution in [2.24, 2.45) is 23.7 Å². The summed E-state index contributed by atoms with van der Waals surface area (Å²) in [6.07, 6.45) is 1.80. The quantitative estimate of drug-likeness (QED) is 0.837. The van der Waals surface area contributed by atoms with Crippen molar-refractivity contribution in [1.82, 2.24) is 0 Å². The minimum absolute atomic E-state index is 0.0243. The van der Waals surface area contributed by atoms with E-state index < -0.39 is 17.8 Å². The number of rotatable bonds is 3. The molecule has 2 saturated carbocycles. The van der Waals surface area contributed by atoms with Gasteiger partial charge in [0.05, 0.1) is 11.8 Å². The first kappa shape index (κ1) is 15.8. The van der Waals surface area contributed by atoms with Crippen molar-refractivity contribution in [2.45, 2.75) is 33.6 Å². The van der Waals surface area contributed by atoms with E-state index in [1.807, 2.05) is 45.0 Å². The van der Waals surface area contributed by atoms with Gasteiger partial charge in [0.25, 0.3) is 0 Å². The standard InChI is InChI=1S/C19H23NO3/c1-10(2)15-13-8-9-14(15)17(19(22)23)16(13)18(21)20-12-6-4-11(3)5-7-12/h4-7,13-14,16-17H,8-9H2,1-3H3,(H,20,21)(H,22,23). The maximum absolute atomic E-state index is 12.8. The molecule has 2 aliphatic carbocycles. The molecule has 0 radical (unpaired) electrons. The van der Waals surface area contributed by atoms with Gasteiger partial charge in [-0.25, -0.2) is 0 Å². The first-order chi connectivity index (χ1) is 10.9. The molecular formula is C19H23NO3. The maximum atomic E-state index is 12.8. The van der Waals surface area contributed by atoms with Gasteiger partial charge in [-0.05, 0) is 57.6 Å². The summed E-state index contributed by atoms with van der Waals surface area (Å²) >= 11 is 0. The zero-order valence-electron chi connectivity index (χ0n) is 13.8. The molecule has 2 aliphatic rings. The molecule has 0 saturated heterocycles. The number of benzene rings is 1. The number of fused-ring (bicyclic) bond motifs is 2. The topological polar surface area (TPSA) is 66.4 Å². The van der Waals surface area contributed by atoms with Crippen molar-refractivity contribution in [1.29, 1.82) is 0 Å². The summed E-state index contributed by atoms with van der Waals surface area (Å²) in [5.41, 5.74) is 4.24. The Hall–Kier alpha value is -2.10. The number of carbonyl (C=O) groups excluding carboxylic acids is 1. The molecule has 0 heterocycles. The summed E-state index contributed by atoms with van der Waals surface area (Å²) in [7, 11) is 0. The van der Waals surface area contributed by atoms with Gasteiger partial charge in [0.15, 0.2) is 0 Å². The number of allylic oxidation sites excluding steroid dienone is 2. The van der Waals surface area contributed by atoms with Crippen LogP contribution in [0.15, 0.2) is 35.4 Å². The van der Waals surface area contributed by atoms with E-state index >= 15 is 0 Å². The number of hydrogen-bond donors (Lipinski definition) is 2. The minimum atomic E-state index is -0.847. The zero-order valence-corrected chi connectivity index (χ0v) is 13.8. The predicted molar refractivity (Wildman–Crippen MR) is 89.0 cm³/mol. The Labute approximate surface area is 136 Å². The molecular weight excluding hydrogens is 290 g/mol. The van der Waals surface area contributed by atoms with Crippen LogP contribution in [0.5, 0.6) is 0 Å². The van der Waals surface area contributed by atoms with Crippen LogP contribution in [0, 0.1) is 30.6 Å². The Morgan fingerprint density at radius 2 is 1.61 bits per heavy atom. The van der Waals surface area contributed by atoms with Gasteiger partial charge in [-0.2, -0.15) is 0 Å². The van der Waals surface area contributed by atoms with E-state index in [0.717, 1.165) is 24.1 Å². The lowest BCUT2D eigenvalue weighted by atomic mass is 9.78. The molecule has 1 aromatic rings. The second-order valence-corrected chi connectivity index (χ2v) is 6.99. The number of anilines is 1. The van der Waals surface area contributed by atoms with Crippen molar-refractivity contribution >= 4 is 17.6 Å². The maximum Gasteiger partial charge on any atom is 0.307 e. The average Bonchev–Trinajstić information content (AvgIpc) is 3.05. The van der Waals surface area contributed by atoms with Crippen LogP contribution >= 0.6 is 0 Å². The fourth-order valence-corrected chi connectivity index (χ4v) is 4.47. The number of carboxylic acids is 1. The summed E-state index contributed by atoms with van der Waals surface area (Å²) in [6, 6.07) is 7.59. The zero-order chi connectivity index (χ0) is 16.7. The van der Waals surface area contributed by atoms with Gasteiger partial charge >= 0.3 is 5.97 Å². The van der Waals surface area contributed by atoms with Gasteiger partial charge in [0, 0.05) is 5.69 Å². The van der Waals surface area contributed by atoms with Crippen LogP contribution in [-0.4, -0.2) is 17.0 Å². The number of carboxylic acid groups (broad SMARTS) is 1. The van der Waals surface area contributed by atoms with E-state index in [-0.39, 0.29) is 17.7 Å². The Bertz CT molecular complexity index is 670. The van der Waals surface area contributed by atoms with Crippen molar-refractivity contribution < 1.29 is 14.7 Å². The fourth-order valence-electron chi connectivity index (χ4n) is 4.47. The van der Waals surface area contributed by atoms with Gasteiger partial charge in [-0.1, -0.05) is 28.8 Å². The van der Waals surface area contributed by atoms with Crippen LogP contribution in [0.4, 0.5) is 5.69 Å². The Morgan fingerprint density at radius 1 is 1.04 bits per heavy atom. The van der Waals surface area contributed by atoms with Crippen molar-refractivity contribution in [3.05, 3.63) is 41.0 Å². The molecule has 2 fully saturated rings. The number of hydrogen-bond acceptors (Lipinski definition) is 2. The van der Waals surface area contributed by atoms with E-state index in [4.69, 9.17) is 0 Å².